The second-order valence-corrected chi connectivity index (χ2v) is 27.8. The van der Waals surface area contributed by atoms with Crippen molar-refractivity contribution in [2.45, 2.75) is 208 Å². The maximum Gasteiger partial charge on any atom is 0.312 e. The fourth-order valence-corrected chi connectivity index (χ4v) is 13.8. The predicted octanol–water partition coefficient (Wildman–Crippen LogP) is 6.02. The van der Waals surface area contributed by atoms with Crippen LogP contribution in [0.2, 0.25) is 0 Å². The number of primary amides is 1. The van der Waals surface area contributed by atoms with Gasteiger partial charge in [0, 0.05) is 116 Å². The monoisotopic (exact) mass is 1340 g/mol. The molecule has 2 aromatic rings. The van der Waals surface area contributed by atoms with Crippen molar-refractivity contribution in [1.82, 2.24) is 46.2 Å². The summed E-state index contributed by atoms with van der Waals surface area (Å²) in [6.07, 6.45) is 1.71. The van der Waals surface area contributed by atoms with Crippen LogP contribution in [0, 0.1) is 47.3 Å². The highest BCUT2D eigenvalue weighted by Crippen LogP contribution is 2.32. The van der Waals surface area contributed by atoms with E-state index in [0.29, 0.717) is 62.9 Å². The van der Waals surface area contributed by atoms with Crippen LogP contribution in [0.3, 0.4) is 0 Å². The zero-order valence-corrected chi connectivity index (χ0v) is 60.1. The number of rotatable bonds is 39. The number of nitrogens with one attached hydrogen (secondary N) is 6. The van der Waals surface area contributed by atoms with Gasteiger partial charge in [-0.2, -0.15) is 0 Å². The molecular weight excluding hydrogens is 1230 g/mol. The number of piperidine rings is 1. The number of ether oxygens (including phenoxy) is 2. The fourth-order valence-electron chi connectivity index (χ4n) is 13.8. The average Bonchev–Trinajstić information content (AvgIpc) is 1.53. The lowest BCUT2D eigenvalue weighted by molar-refractivity contribution is -0.148. The molecule has 0 radical (unpaired) electrons. The van der Waals surface area contributed by atoms with Crippen molar-refractivity contribution in [2.75, 3.05) is 67.4 Å². The number of carbonyl (C=O) groups excluding carboxylic acids is 11. The molecule has 10 amide bonds. The highest BCUT2D eigenvalue weighted by Gasteiger charge is 2.44. The van der Waals surface area contributed by atoms with Crippen molar-refractivity contribution < 1.29 is 62.2 Å². The van der Waals surface area contributed by atoms with Crippen LogP contribution in [0.1, 0.15) is 157 Å². The van der Waals surface area contributed by atoms with E-state index in [1.165, 1.54) is 14.2 Å². The first-order chi connectivity index (χ1) is 45.4. The van der Waals surface area contributed by atoms with Crippen molar-refractivity contribution in [3.63, 3.8) is 0 Å². The number of carbonyl (C=O) groups is 11. The molecule has 0 unspecified atom stereocenters. The molecular formula is C72H115N11O13. The van der Waals surface area contributed by atoms with Gasteiger partial charge in [0.25, 0.3) is 0 Å². The van der Waals surface area contributed by atoms with Crippen LogP contribution in [-0.4, -0.2) is 195 Å². The first-order valence-corrected chi connectivity index (χ1v) is 34.6. The number of urea groups is 1. The molecule has 2 aliphatic heterocycles. The summed E-state index contributed by atoms with van der Waals surface area (Å²) < 4.78 is 12.2. The van der Waals surface area contributed by atoms with Gasteiger partial charge < -0.3 is 61.8 Å². The van der Waals surface area contributed by atoms with Crippen LogP contribution in [0.15, 0.2) is 54.6 Å². The van der Waals surface area contributed by atoms with Gasteiger partial charge in [-0.25, -0.2) is 4.79 Å². The zero-order chi connectivity index (χ0) is 71.7. The Kier molecular flexibility index (Phi) is 33.6. The Bertz CT molecular complexity index is 2880. The zero-order valence-electron chi connectivity index (χ0n) is 60.1. The highest BCUT2D eigenvalue weighted by molar-refractivity contribution is 5.98. The molecule has 0 saturated carbocycles. The van der Waals surface area contributed by atoms with Gasteiger partial charge in [0.2, 0.25) is 47.3 Å². The summed E-state index contributed by atoms with van der Waals surface area (Å²) in [6, 6.07) is 12.1. The van der Waals surface area contributed by atoms with E-state index >= 15 is 0 Å². The predicted molar refractivity (Wildman–Crippen MR) is 369 cm³/mol. The molecule has 2 saturated heterocycles. The quantitative estimate of drug-likeness (QED) is 0.0377. The van der Waals surface area contributed by atoms with Gasteiger partial charge >= 0.3 is 6.03 Å². The highest BCUT2D eigenvalue weighted by atomic mass is 16.5. The van der Waals surface area contributed by atoms with Crippen LogP contribution < -0.4 is 37.6 Å². The number of amides is 10. The number of Topliss-reactive ketones (excluding diaryl/α,β-unsaturated/α-hetero) is 2. The van der Waals surface area contributed by atoms with E-state index < -0.39 is 78.0 Å². The fraction of sp³-hybridized carbons (Fsp3) is 0.681. The first kappa shape index (κ1) is 81.1. The van der Waals surface area contributed by atoms with Gasteiger partial charge in [-0.15, -0.1) is 0 Å². The standard InChI is InChI=1S/C72H115N11O13/c1-17-46(8)65(81(14)71(93)63(44(4)5)79-70(92)64(45(6)7)80(12)13)58(95-15)41-61(88)83-35-22-26-55(83)66(96-16)48(10)56(84)40-53(38-49-23-19-18-20-24-49)68(90)76-42-50-27-29-54(30-28-50)77-69(91)51(25-21-34-75-72(73)94)39-57(85)62(43(2)3)78-59(86)31-32-60(87)82-36-33-52(37-47(82)9)67(89)74-11/h18-20,23-24,27-30,43-48,51-53,55,58,62-66H,17,21-22,25-26,31-42H2,1-16H3,(H,74,89)(H,76,90)(H,77,91)(H,78,86)(H,79,92)(H3,73,75,94)/t46-,47+,48-,51+,52+,53+,55-,58+,62-,63-,64-,65-,66+/m0/s1. The van der Waals surface area contributed by atoms with Gasteiger partial charge in [0.05, 0.1) is 42.8 Å². The van der Waals surface area contributed by atoms with Crippen molar-refractivity contribution in [2.24, 2.45) is 53.1 Å². The lowest BCUT2D eigenvalue weighted by Crippen LogP contribution is -2.59. The Balaban J connectivity index is 1.43. The number of nitrogens with two attached hydrogens (primary N) is 1. The van der Waals surface area contributed by atoms with Crippen LogP contribution in [0.5, 0.6) is 0 Å². The maximum atomic E-state index is 14.7. The number of likely N-dealkylation sites (tertiary alicyclic amines) is 2. The Hall–Kier alpha value is -7.31. The van der Waals surface area contributed by atoms with Crippen LogP contribution in [-0.2, 0) is 70.4 Å². The van der Waals surface area contributed by atoms with Gasteiger partial charge in [0.15, 0.2) is 5.78 Å². The van der Waals surface area contributed by atoms with E-state index in [-0.39, 0.29) is 141 Å². The summed E-state index contributed by atoms with van der Waals surface area (Å²) >= 11 is 0. The van der Waals surface area contributed by atoms with Gasteiger partial charge in [-0.05, 0) is 113 Å². The molecule has 0 aliphatic carbocycles. The Morgan fingerprint density at radius 1 is 0.677 bits per heavy atom. The third-order valence-corrected chi connectivity index (χ3v) is 19.4. The van der Waals surface area contributed by atoms with Gasteiger partial charge in [0.1, 0.15) is 11.8 Å². The second-order valence-electron chi connectivity index (χ2n) is 27.8. The Morgan fingerprint density at radius 3 is 1.89 bits per heavy atom. The molecule has 0 aromatic heterocycles. The number of benzene rings is 2. The van der Waals surface area contributed by atoms with Gasteiger partial charge in [-0.3, -0.25) is 52.8 Å². The summed E-state index contributed by atoms with van der Waals surface area (Å²) in [5, 5.41) is 17.0. The summed E-state index contributed by atoms with van der Waals surface area (Å²) in [5.74, 6) is -6.13. The molecule has 96 heavy (non-hydrogen) atoms. The van der Waals surface area contributed by atoms with E-state index in [4.69, 9.17) is 15.2 Å². The number of nitrogens with zero attached hydrogens (tertiary/aromatic N) is 4. The summed E-state index contributed by atoms with van der Waals surface area (Å²) in [6.45, 7) is 20.0. The average molecular weight is 1340 g/mol. The van der Waals surface area contributed by atoms with Crippen molar-refractivity contribution >= 4 is 70.5 Å². The molecule has 0 bridgehead atoms. The molecule has 2 aromatic carbocycles. The van der Waals surface area contributed by atoms with E-state index in [1.807, 2.05) is 97.8 Å². The Morgan fingerprint density at radius 2 is 1.32 bits per heavy atom. The lowest BCUT2D eigenvalue weighted by atomic mass is 9.85. The number of methoxy groups -OCH3 is 2. The molecule has 0 spiro atoms. The minimum absolute atomic E-state index is 0.00190. The molecule has 8 N–H and O–H groups in total. The SMILES string of the molecule is CC[C@H](C)[C@@H]([C@@H](CC(=O)N1CCC[C@H]1[C@H](OC)[C@@H](C)C(=O)C[C@@H](Cc1ccccc1)C(=O)NCc1ccc(NC(=O)[C@H](CCCNC(N)=O)CC(=O)[C@@H](NC(=O)CCC(=O)N2CC[C@@H](C(=O)NC)C[C@H]2C)C(C)C)cc1)OC)N(C)C(=O)[C@@H](NC(=O)[C@H](C(C)C)N(C)C)C(C)C. The Labute approximate surface area is 570 Å². The van der Waals surface area contributed by atoms with Crippen molar-refractivity contribution in [3.05, 3.63) is 65.7 Å². The normalized spacial score (nSPS) is 18.8. The van der Waals surface area contributed by atoms with Crippen LogP contribution in [0.4, 0.5) is 10.5 Å². The maximum absolute atomic E-state index is 14.7. The molecule has 536 valence electrons. The van der Waals surface area contributed by atoms with E-state index in [2.05, 4.69) is 31.9 Å². The molecule has 2 heterocycles. The first-order valence-electron chi connectivity index (χ1n) is 34.6. The van der Waals surface area contributed by atoms with Crippen molar-refractivity contribution in [3.8, 4) is 0 Å². The summed E-state index contributed by atoms with van der Waals surface area (Å²) in [5.41, 5.74) is 7.26. The largest absolute Gasteiger partial charge is 0.379 e. The molecule has 24 heteroatoms. The smallest absolute Gasteiger partial charge is 0.312 e. The number of ketones is 2. The number of hydrogen-bond donors (Lipinski definition) is 7. The number of likely N-dealkylation sites (N-methyl/N-ethyl adjacent to an activating group) is 2. The molecule has 13 atom stereocenters. The third-order valence-electron chi connectivity index (χ3n) is 19.4. The topological polar surface area (TPSA) is 317 Å². The molecule has 24 nitrogen and oxygen atoms in total. The van der Waals surface area contributed by atoms with Gasteiger partial charge in [-0.1, -0.05) is 111 Å². The minimum atomic E-state index is -0.955. The van der Waals surface area contributed by atoms with Crippen LogP contribution in [0.25, 0.3) is 0 Å². The number of anilines is 1. The molecule has 4 rings (SSSR count). The van der Waals surface area contributed by atoms with Crippen LogP contribution >= 0.6 is 0 Å². The van der Waals surface area contributed by atoms with E-state index in [9.17, 15) is 52.7 Å². The van der Waals surface area contributed by atoms with E-state index in [0.717, 1.165) is 5.56 Å². The van der Waals surface area contributed by atoms with E-state index in [1.54, 1.807) is 73.8 Å². The lowest BCUT2D eigenvalue weighted by Gasteiger charge is -2.41. The molecule has 2 aliphatic rings. The van der Waals surface area contributed by atoms with Crippen molar-refractivity contribution in [1.29, 1.82) is 0 Å². The summed E-state index contributed by atoms with van der Waals surface area (Å²) in [4.78, 5) is 157. The second kappa shape index (κ2) is 39.8. The minimum Gasteiger partial charge on any atom is -0.379 e. The molecule has 2 fully saturated rings. The summed E-state index contributed by atoms with van der Waals surface area (Å²) in [7, 11) is 10.0. The third kappa shape index (κ3) is 24.0. The number of hydrogen-bond acceptors (Lipinski definition) is 14.